The molecule has 0 saturated heterocycles. The van der Waals surface area contributed by atoms with Gasteiger partial charge < -0.3 is 10.6 Å². The second kappa shape index (κ2) is 8.00. The Hall–Kier alpha value is -1.79. The van der Waals surface area contributed by atoms with Gasteiger partial charge >= 0.3 is 0 Å². The minimum atomic E-state index is -0.277. The molecule has 0 saturated carbocycles. The van der Waals surface area contributed by atoms with Crippen LogP contribution in [0.5, 0.6) is 0 Å². The van der Waals surface area contributed by atoms with Crippen molar-refractivity contribution in [3.8, 4) is 0 Å². The van der Waals surface area contributed by atoms with E-state index in [1.807, 2.05) is 36.6 Å². The zero-order chi connectivity index (χ0) is 15.9. The number of anilines is 1. The summed E-state index contributed by atoms with van der Waals surface area (Å²) in [6.45, 7) is -0.0789. The molecule has 114 valence electrons. The molecule has 0 spiro atoms. The number of amides is 2. The SMILES string of the molecule is CSc1ccc(C(=O)NCC(=O)Nc2ccccc2Br)cc1. The van der Waals surface area contributed by atoms with Crippen LogP contribution in [0.15, 0.2) is 57.9 Å². The van der Waals surface area contributed by atoms with Gasteiger partial charge in [0.05, 0.1) is 12.2 Å². The van der Waals surface area contributed by atoms with Gasteiger partial charge in [0.1, 0.15) is 0 Å². The number of hydrogen-bond donors (Lipinski definition) is 2. The number of benzene rings is 2. The van der Waals surface area contributed by atoms with Crippen LogP contribution in [0.1, 0.15) is 10.4 Å². The topological polar surface area (TPSA) is 58.2 Å². The van der Waals surface area contributed by atoms with Crippen LogP contribution in [-0.2, 0) is 4.79 Å². The number of carbonyl (C=O) groups excluding carboxylic acids is 2. The molecule has 2 aromatic carbocycles. The third-order valence-electron chi connectivity index (χ3n) is 2.91. The van der Waals surface area contributed by atoms with Gasteiger partial charge in [0, 0.05) is 14.9 Å². The van der Waals surface area contributed by atoms with Gasteiger partial charge in [0.15, 0.2) is 0 Å². The minimum absolute atomic E-state index is 0.0789. The Balaban J connectivity index is 1.87. The van der Waals surface area contributed by atoms with Crippen molar-refractivity contribution in [3.05, 3.63) is 58.6 Å². The standard InChI is InChI=1S/C16H15BrN2O2S/c1-22-12-8-6-11(7-9-12)16(21)18-10-15(20)19-14-5-3-2-4-13(14)17/h2-9H,10H2,1H3,(H,18,21)(H,19,20). The van der Waals surface area contributed by atoms with Gasteiger partial charge in [-0.3, -0.25) is 9.59 Å². The Morgan fingerprint density at radius 2 is 1.77 bits per heavy atom. The lowest BCUT2D eigenvalue weighted by Crippen LogP contribution is -2.32. The maximum atomic E-state index is 12.0. The van der Waals surface area contributed by atoms with Crippen molar-refractivity contribution in [2.75, 3.05) is 18.1 Å². The van der Waals surface area contributed by atoms with E-state index in [4.69, 9.17) is 0 Å². The first kappa shape index (κ1) is 16.6. The lowest BCUT2D eigenvalue weighted by atomic mass is 10.2. The van der Waals surface area contributed by atoms with Gasteiger partial charge in [-0.05, 0) is 58.6 Å². The van der Waals surface area contributed by atoms with E-state index in [-0.39, 0.29) is 18.4 Å². The summed E-state index contributed by atoms with van der Waals surface area (Å²) in [6, 6.07) is 14.5. The molecule has 6 heteroatoms. The fourth-order valence-corrected chi connectivity index (χ4v) is 2.55. The molecule has 0 aliphatic carbocycles. The van der Waals surface area contributed by atoms with Crippen LogP contribution >= 0.6 is 27.7 Å². The second-order valence-electron chi connectivity index (χ2n) is 4.44. The van der Waals surface area contributed by atoms with Crippen molar-refractivity contribution in [2.24, 2.45) is 0 Å². The van der Waals surface area contributed by atoms with Gasteiger partial charge in [-0.25, -0.2) is 0 Å². The van der Waals surface area contributed by atoms with Crippen LogP contribution in [0.4, 0.5) is 5.69 Å². The number of para-hydroxylation sites is 1. The Kier molecular flexibility index (Phi) is 6.03. The van der Waals surface area contributed by atoms with E-state index < -0.39 is 0 Å². The molecule has 0 aliphatic rings. The summed E-state index contributed by atoms with van der Waals surface area (Å²) in [5.74, 6) is -0.545. The molecule has 0 unspecified atom stereocenters. The first-order valence-electron chi connectivity index (χ1n) is 6.57. The van der Waals surface area contributed by atoms with E-state index in [1.165, 1.54) is 0 Å². The average molecular weight is 379 g/mol. The van der Waals surface area contributed by atoms with Gasteiger partial charge in [-0.15, -0.1) is 11.8 Å². The molecule has 2 aromatic rings. The average Bonchev–Trinajstić information content (AvgIpc) is 2.55. The second-order valence-corrected chi connectivity index (χ2v) is 6.17. The molecule has 4 nitrogen and oxygen atoms in total. The summed E-state index contributed by atoms with van der Waals surface area (Å²) < 4.78 is 0.794. The molecule has 0 atom stereocenters. The molecular weight excluding hydrogens is 364 g/mol. The predicted octanol–water partition coefficient (Wildman–Crippen LogP) is 3.54. The summed E-state index contributed by atoms with van der Waals surface area (Å²) >= 11 is 4.96. The molecular formula is C16H15BrN2O2S. The molecule has 2 amide bonds. The highest BCUT2D eigenvalue weighted by Crippen LogP contribution is 2.20. The highest BCUT2D eigenvalue weighted by atomic mass is 79.9. The molecule has 2 rings (SSSR count). The Bertz CT molecular complexity index is 674. The maximum Gasteiger partial charge on any atom is 0.251 e. The van der Waals surface area contributed by atoms with Crippen molar-refractivity contribution in [1.82, 2.24) is 5.32 Å². The van der Waals surface area contributed by atoms with Crippen molar-refractivity contribution in [1.29, 1.82) is 0 Å². The predicted molar refractivity (Wildman–Crippen MR) is 93.3 cm³/mol. The number of carbonyl (C=O) groups is 2. The molecule has 2 N–H and O–H groups in total. The van der Waals surface area contributed by atoms with E-state index in [0.717, 1.165) is 9.37 Å². The molecule has 22 heavy (non-hydrogen) atoms. The zero-order valence-corrected chi connectivity index (χ0v) is 14.3. The monoisotopic (exact) mass is 378 g/mol. The van der Waals surface area contributed by atoms with E-state index in [1.54, 1.807) is 30.0 Å². The zero-order valence-electron chi connectivity index (χ0n) is 11.9. The van der Waals surface area contributed by atoms with Crippen LogP contribution in [0.25, 0.3) is 0 Å². The summed E-state index contributed by atoms with van der Waals surface area (Å²) in [4.78, 5) is 24.9. The molecule has 0 aromatic heterocycles. The molecule has 0 radical (unpaired) electrons. The van der Waals surface area contributed by atoms with Crippen LogP contribution in [0, 0.1) is 0 Å². The minimum Gasteiger partial charge on any atom is -0.343 e. The Labute approximate surface area is 141 Å². The summed E-state index contributed by atoms with van der Waals surface area (Å²) in [5, 5.41) is 5.33. The number of hydrogen-bond acceptors (Lipinski definition) is 3. The summed E-state index contributed by atoms with van der Waals surface area (Å²) in [6.07, 6.45) is 1.97. The third kappa shape index (κ3) is 4.61. The lowest BCUT2D eigenvalue weighted by Gasteiger charge is -2.08. The van der Waals surface area contributed by atoms with Crippen molar-refractivity contribution >= 4 is 45.2 Å². The fraction of sp³-hybridized carbons (Fsp3) is 0.125. The molecule has 0 bridgehead atoms. The molecule has 0 fully saturated rings. The highest BCUT2D eigenvalue weighted by Gasteiger charge is 2.09. The van der Waals surface area contributed by atoms with Gasteiger partial charge in [0.2, 0.25) is 5.91 Å². The third-order valence-corrected chi connectivity index (χ3v) is 4.34. The molecule has 0 aliphatic heterocycles. The first-order chi connectivity index (χ1) is 10.6. The van der Waals surface area contributed by atoms with E-state index >= 15 is 0 Å². The van der Waals surface area contributed by atoms with Crippen LogP contribution in [-0.4, -0.2) is 24.6 Å². The van der Waals surface area contributed by atoms with Gasteiger partial charge in [-0.2, -0.15) is 0 Å². The number of nitrogens with one attached hydrogen (secondary N) is 2. The first-order valence-corrected chi connectivity index (χ1v) is 8.58. The van der Waals surface area contributed by atoms with Crippen molar-refractivity contribution < 1.29 is 9.59 Å². The lowest BCUT2D eigenvalue weighted by molar-refractivity contribution is -0.115. The van der Waals surface area contributed by atoms with Crippen LogP contribution in [0.2, 0.25) is 0 Å². The number of rotatable bonds is 5. The normalized spacial score (nSPS) is 10.1. The maximum absolute atomic E-state index is 12.0. The summed E-state index contributed by atoms with van der Waals surface area (Å²) in [7, 11) is 0. The van der Waals surface area contributed by atoms with Crippen molar-refractivity contribution in [3.63, 3.8) is 0 Å². The highest BCUT2D eigenvalue weighted by molar-refractivity contribution is 9.10. The van der Waals surface area contributed by atoms with Gasteiger partial charge in [0.25, 0.3) is 5.91 Å². The van der Waals surface area contributed by atoms with E-state index in [9.17, 15) is 9.59 Å². The van der Waals surface area contributed by atoms with Gasteiger partial charge in [-0.1, -0.05) is 12.1 Å². The Morgan fingerprint density at radius 1 is 1.09 bits per heavy atom. The number of halogens is 1. The van der Waals surface area contributed by atoms with E-state index in [2.05, 4.69) is 26.6 Å². The Morgan fingerprint density at radius 3 is 2.41 bits per heavy atom. The van der Waals surface area contributed by atoms with E-state index in [0.29, 0.717) is 11.3 Å². The largest absolute Gasteiger partial charge is 0.343 e. The number of thioether (sulfide) groups is 1. The smallest absolute Gasteiger partial charge is 0.251 e. The van der Waals surface area contributed by atoms with Crippen molar-refractivity contribution in [2.45, 2.75) is 4.90 Å². The molecule has 0 heterocycles. The fourth-order valence-electron chi connectivity index (χ4n) is 1.76. The van der Waals surface area contributed by atoms with Crippen LogP contribution in [0.3, 0.4) is 0 Å². The summed E-state index contributed by atoms with van der Waals surface area (Å²) in [5.41, 5.74) is 1.21. The quantitative estimate of drug-likeness (QED) is 0.782. The van der Waals surface area contributed by atoms with Crippen LogP contribution < -0.4 is 10.6 Å².